The summed E-state index contributed by atoms with van der Waals surface area (Å²) in [5, 5.41) is 13.6. The zero-order chi connectivity index (χ0) is 15.6. The molecule has 6 nitrogen and oxygen atoms in total. The van der Waals surface area contributed by atoms with Crippen molar-refractivity contribution in [2.45, 2.75) is 38.6 Å². The second kappa shape index (κ2) is 6.41. The SMILES string of the molecule is Cc1cc([N+](=O)[O-])c(Cl)cc1NC(=O)C1CCCCC1N. The van der Waals surface area contributed by atoms with Crippen LogP contribution >= 0.6 is 11.6 Å². The smallest absolute Gasteiger partial charge is 0.288 e. The Morgan fingerprint density at radius 2 is 2.10 bits per heavy atom. The molecule has 0 aromatic heterocycles. The minimum atomic E-state index is -0.544. The zero-order valence-corrected chi connectivity index (χ0v) is 12.5. The van der Waals surface area contributed by atoms with Crippen LogP contribution in [-0.2, 0) is 4.79 Å². The fourth-order valence-corrected chi connectivity index (χ4v) is 2.88. The predicted octanol–water partition coefficient (Wildman–Crippen LogP) is 3.01. The number of nitro benzene ring substituents is 1. The summed E-state index contributed by atoms with van der Waals surface area (Å²) in [7, 11) is 0. The molecule has 1 aliphatic carbocycles. The van der Waals surface area contributed by atoms with Crippen molar-refractivity contribution in [1.29, 1.82) is 0 Å². The van der Waals surface area contributed by atoms with E-state index in [1.807, 2.05) is 0 Å². The van der Waals surface area contributed by atoms with E-state index in [1.165, 1.54) is 12.1 Å². The summed E-state index contributed by atoms with van der Waals surface area (Å²) in [6.45, 7) is 1.69. The summed E-state index contributed by atoms with van der Waals surface area (Å²) >= 11 is 5.88. The minimum absolute atomic E-state index is 0.00819. The van der Waals surface area contributed by atoms with Gasteiger partial charge in [-0.25, -0.2) is 0 Å². The average Bonchev–Trinajstić information content (AvgIpc) is 2.42. The molecule has 3 N–H and O–H groups in total. The Labute approximate surface area is 127 Å². The van der Waals surface area contributed by atoms with Crippen LogP contribution in [0.4, 0.5) is 11.4 Å². The molecular formula is C14H18ClN3O3. The molecule has 0 radical (unpaired) electrons. The lowest BCUT2D eigenvalue weighted by Crippen LogP contribution is -2.40. The molecule has 1 amide bonds. The summed E-state index contributed by atoms with van der Waals surface area (Å²) in [5.41, 5.74) is 6.92. The van der Waals surface area contributed by atoms with Gasteiger partial charge in [0.1, 0.15) is 5.02 Å². The highest BCUT2D eigenvalue weighted by Gasteiger charge is 2.28. The molecule has 2 rings (SSSR count). The molecule has 1 saturated carbocycles. The van der Waals surface area contributed by atoms with Crippen LogP contribution in [0.25, 0.3) is 0 Å². The van der Waals surface area contributed by atoms with Crippen molar-refractivity contribution >= 4 is 28.9 Å². The third kappa shape index (κ3) is 3.51. The molecule has 0 aliphatic heterocycles. The number of anilines is 1. The summed E-state index contributed by atoms with van der Waals surface area (Å²) in [6, 6.07) is 2.65. The monoisotopic (exact) mass is 311 g/mol. The minimum Gasteiger partial charge on any atom is -0.327 e. The van der Waals surface area contributed by atoms with E-state index in [9.17, 15) is 14.9 Å². The molecule has 0 spiro atoms. The fraction of sp³-hybridized carbons (Fsp3) is 0.500. The highest BCUT2D eigenvalue weighted by atomic mass is 35.5. The predicted molar refractivity (Wildman–Crippen MR) is 81.4 cm³/mol. The highest BCUT2D eigenvalue weighted by Crippen LogP contribution is 2.31. The van der Waals surface area contributed by atoms with Crippen LogP contribution in [0, 0.1) is 23.0 Å². The van der Waals surface area contributed by atoms with Crippen LogP contribution in [0.2, 0.25) is 5.02 Å². The van der Waals surface area contributed by atoms with Crippen molar-refractivity contribution in [2.75, 3.05) is 5.32 Å². The van der Waals surface area contributed by atoms with Gasteiger partial charge in [-0.15, -0.1) is 0 Å². The molecule has 1 fully saturated rings. The van der Waals surface area contributed by atoms with Gasteiger partial charge in [-0.05, 0) is 31.4 Å². The number of nitrogens with two attached hydrogens (primary N) is 1. The van der Waals surface area contributed by atoms with E-state index in [2.05, 4.69) is 5.32 Å². The van der Waals surface area contributed by atoms with Gasteiger partial charge >= 0.3 is 0 Å². The van der Waals surface area contributed by atoms with E-state index in [4.69, 9.17) is 17.3 Å². The van der Waals surface area contributed by atoms with Crippen LogP contribution in [0.15, 0.2) is 12.1 Å². The second-order valence-electron chi connectivity index (χ2n) is 5.42. The van der Waals surface area contributed by atoms with Crippen LogP contribution < -0.4 is 11.1 Å². The summed E-state index contributed by atoms with van der Waals surface area (Å²) in [4.78, 5) is 22.6. The van der Waals surface area contributed by atoms with E-state index < -0.39 is 4.92 Å². The number of halogens is 1. The number of nitrogens with zero attached hydrogens (tertiary/aromatic N) is 1. The van der Waals surface area contributed by atoms with E-state index in [1.54, 1.807) is 6.92 Å². The second-order valence-corrected chi connectivity index (χ2v) is 5.83. The lowest BCUT2D eigenvalue weighted by molar-refractivity contribution is -0.384. The topological polar surface area (TPSA) is 98.3 Å². The lowest BCUT2D eigenvalue weighted by atomic mass is 9.84. The molecule has 0 saturated heterocycles. The molecule has 1 aromatic carbocycles. The molecule has 1 aliphatic rings. The Balaban J connectivity index is 2.17. The number of nitro groups is 1. The van der Waals surface area contributed by atoms with E-state index >= 15 is 0 Å². The third-order valence-electron chi connectivity index (χ3n) is 3.90. The van der Waals surface area contributed by atoms with Gasteiger partial charge in [-0.3, -0.25) is 14.9 Å². The van der Waals surface area contributed by atoms with Gasteiger partial charge in [-0.2, -0.15) is 0 Å². The standard InChI is InChI=1S/C14H18ClN3O3/c1-8-6-13(18(20)21)10(15)7-12(8)17-14(19)9-4-2-3-5-11(9)16/h6-7,9,11H,2-5,16H2,1H3,(H,17,19). The van der Waals surface area contributed by atoms with Crippen molar-refractivity contribution < 1.29 is 9.72 Å². The maximum absolute atomic E-state index is 12.3. The summed E-state index contributed by atoms with van der Waals surface area (Å²) in [6.07, 6.45) is 3.66. The average molecular weight is 312 g/mol. The van der Waals surface area contributed by atoms with E-state index in [-0.39, 0.29) is 28.6 Å². The Morgan fingerprint density at radius 3 is 2.71 bits per heavy atom. The van der Waals surface area contributed by atoms with Gasteiger partial charge in [0, 0.05) is 17.8 Å². The van der Waals surface area contributed by atoms with Crippen LogP contribution in [0.5, 0.6) is 0 Å². The van der Waals surface area contributed by atoms with Crippen molar-refractivity contribution in [3.8, 4) is 0 Å². The Kier molecular flexibility index (Phi) is 4.80. The third-order valence-corrected chi connectivity index (χ3v) is 4.21. The van der Waals surface area contributed by atoms with Crippen LogP contribution in [0.3, 0.4) is 0 Å². The molecule has 7 heteroatoms. The molecule has 114 valence electrons. The maximum Gasteiger partial charge on any atom is 0.288 e. The van der Waals surface area contributed by atoms with Gasteiger partial charge in [0.2, 0.25) is 5.91 Å². The number of amides is 1. The molecule has 2 unspecified atom stereocenters. The van der Waals surface area contributed by atoms with Crippen LogP contribution in [-0.4, -0.2) is 16.9 Å². The first-order chi connectivity index (χ1) is 9.90. The molecular weight excluding hydrogens is 294 g/mol. The molecule has 0 heterocycles. The Hall–Kier alpha value is -1.66. The molecule has 21 heavy (non-hydrogen) atoms. The van der Waals surface area contributed by atoms with Gasteiger partial charge in [-0.1, -0.05) is 24.4 Å². The molecule has 1 aromatic rings. The first kappa shape index (κ1) is 15.7. The lowest BCUT2D eigenvalue weighted by Gasteiger charge is -2.27. The van der Waals surface area contributed by atoms with Gasteiger partial charge in [0.25, 0.3) is 5.69 Å². The number of benzene rings is 1. The first-order valence-electron chi connectivity index (χ1n) is 6.91. The van der Waals surface area contributed by atoms with Crippen molar-refractivity contribution in [2.24, 2.45) is 11.7 Å². The number of carbonyl (C=O) groups is 1. The maximum atomic E-state index is 12.3. The van der Waals surface area contributed by atoms with Crippen molar-refractivity contribution in [3.63, 3.8) is 0 Å². The fourth-order valence-electron chi connectivity index (χ4n) is 2.65. The van der Waals surface area contributed by atoms with Gasteiger partial charge in [0.15, 0.2) is 0 Å². The van der Waals surface area contributed by atoms with Crippen LogP contribution in [0.1, 0.15) is 31.2 Å². The van der Waals surface area contributed by atoms with E-state index in [0.29, 0.717) is 11.3 Å². The number of hydrogen-bond donors (Lipinski definition) is 2. The summed E-state index contributed by atoms with van der Waals surface area (Å²) in [5.74, 6) is -0.359. The number of nitrogens with one attached hydrogen (secondary N) is 1. The highest BCUT2D eigenvalue weighted by molar-refractivity contribution is 6.33. The Bertz CT molecular complexity index is 577. The zero-order valence-electron chi connectivity index (χ0n) is 11.8. The summed E-state index contributed by atoms with van der Waals surface area (Å²) < 4.78 is 0. The number of carbonyl (C=O) groups excluding carboxylic acids is 1. The number of hydrogen-bond acceptors (Lipinski definition) is 4. The number of rotatable bonds is 3. The number of aryl methyl sites for hydroxylation is 1. The quantitative estimate of drug-likeness (QED) is 0.662. The first-order valence-corrected chi connectivity index (χ1v) is 7.29. The normalized spacial score (nSPS) is 21.9. The largest absolute Gasteiger partial charge is 0.327 e. The van der Waals surface area contributed by atoms with Crippen molar-refractivity contribution in [3.05, 3.63) is 32.8 Å². The van der Waals surface area contributed by atoms with Crippen molar-refractivity contribution in [1.82, 2.24) is 0 Å². The van der Waals surface area contributed by atoms with Gasteiger partial charge < -0.3 is 11.1 Å². The Morgan fingerprint density at radius 1 is 1.43 bits per heavy atom. The molecule has 2 atom stereocenters. The van der Waals surface area contributed by atoms with Gasteiger partial charge in [0.05, 0.1) is 10.8 Å². The van der Waals surface area contributed by atoms with E-state index in [0.717, 1.165) is 25.7 Å². The molecule has 0 bridgehead atoms.